The highest BCUT2D eigenvalue weighted by Crippen LogP contribution is 2.49. The lowest BCUT2D eigenvalue weighted by atomic mass is 9.83. The van der Waals surface area contributed by atoms with Crippen LogP contribution in [-0.4, -0.2) is 0 Å². The Kier molecular flexibility index (Phi) is 5.08. The number of aryl methyl sites for hydroxylation is 1. The summed E-state index contributed by atoms with van der Waals surface area (Å²) in [4.78, 5) is 0. The van der Waals surface area contributed by atoms with Gasteiger partial charge in [-0.15, -0.1) is 11.3 Å². The van der Waals surface area contributed by atoms with Gasteiger partial charge in [0.2, 0.25) is 0 Å². The predicted octanol–water partition coefficient (Wildman–Crippen LogP) is 12.3. The summed E-state index contributed by atoms with van der Waals surface area (Å²) in [6.45, 7) is 2.21. The Labute approximate surface area is 248 Å². The van der Waals surface area contributed by atoms with E-state index in [1.165, 1.54) is 91.1 Å². The molecule has 0 N–H and O–H groups in total. The Bertz CT molecular complexity index is 2530. The zero-order chi connectivity index (χ0) is 27.8. The molecule has 0 aliphatic rings. The molecule has 8 aromatic carbocycles. The van der Waals surface area contributed by atoms with Gasteiger partial charge in [0.05, 0.1) is 0 Å². The summed E-state index contributed by atoms with van der Waals surface area (Å²) >= 11 is 1.89. The van der Waals surface area contributed by atoms with Gasteiger partial charge in [0.15, 0.2) is 0 Å². The van der Waals surface area contributed by atoms with Crippen molar-refractivity contribution in [3.05, 3.63) is 145 Å². The van der Waals surface area contributed by atoms with Gasteiger partial charge >= 0.3 is 0 Å². The first-order valence-corrected chi connectivity index (χ1v) is 15.3. The number of hydrogen-bond donors (Lipinski definition) is 0. The standard InChI is InChI=1S/C41H26S/c1-25-21-22-32-35(23-25)40(34-18-10-20-38-41(34)33-17-8-9-19-37(33)42-38)31-16-7-6-15-30(31)39(32)36-24-26-11-2-3-12-27(26)28-13-4-5-14-29(28)36/h2-24H,1H3. The SMILES string of the molecule is Cc1ccc2c(-c3cc4ccccc4c4ccccc34)c3ccccc3c(-c3cccc4sc5ccccc5c34)c2c1. The normalized spacial score (nSPS) is 11.9. The highest BCUT2D eigenvalue weighted by molar-refractivity contribution is 7.25. The van der Waals surface area contributed by atoms with Gasteiger partial charge in [-0.25, -0.2) is 0 Å². The Morgan fingerprint density at radius 2 is 0.976 bits per heavy atom. The van der Waals surface area contributed by atoms with Gasteiger partial charge in [-0.3, -0.25) is 0 Å². The van der Waals surface area contributed by atoms with Crippen LogP contribution in [0.2, 0.25) is 0 Å². The quantitative estimate of drug-likeness (QED) is 0.148. The van der Waals surface area contributed by atoms with Crippen LogP contribution in [0.3, 0.4) is 0 Å². The first-order valence-electron chi connectivity index (χ1n) is 14.5. The second-order valence-electron chi connectivity index (χ2n) is 11.3. The van der Waals surface area contributed by atoms with E-state index in [0.717, 1.165) is 0 Å². The molecular weight excluding hydrogens is 525 g/mol. The number of benzene rings is 8. The molecule has 1 heteroatoms. The van der Waals surface area contributed by atoms with Crippen LogP contribution in [0.25, 0.3) is 85.5 Å². The summed E-state index contributed by atoms with van der Waals surface area (Å²) in [5.41, 5.74) is 6.52. The second-order valence-corrected chi connectivity index (χ2v) is 12.4. The molecule has 42 heavy (non-hydrogen) atoms. The van der Waals surface area contributed by atoms with Crippen LogP contribution < -0.4 is 0 Å². The van der Waals surface area contributed by atoms with Crippen molar-refractivity contribution < 1.29 is 0 Å². The molecule has 9 rings (SSSR count). The summed E-state index contributed by atoms with van der Waals surface area (Å²) in [5, 5.41) is 13.1. The van der Waals surface area contributed by atoms with E-state index in [9.17, 15) is 0 Å². The monoisotopic (exact) mass is 550 g/mol. The van der Waals surface area contributed by atoms with Crippen molar-refractivity contribution in [1.29, 1.82) is 0 Å². The Morgan fingerprint density at radius 1 is 0.381 bits per heavy atom. The molecule has 0 nitrogen and oxygen atoms in total. The van der Waals surface area contributed by atoms with Crippen LogP contribution in [0.1, 0.15) is 5.56 Å². The van der Waals surface area contributed by atoms with Crippen molar-refractivity contribution in [2.75, 3.05) is 0 Å². The fourth-order valence-corrected chi connectivity index (χ4v) is 8.25. The first kappa shape index (κ1) is 23.7. The van der Waals surface area contributed by atoms with Crippen molar-refractivity contribution in [3.8, 4) is 22.3 Å². The number of hydrogen-bond acceptors (Lipinski definition) is 1. The Hall–Kier alpha value is -4.98. The molecule has 0 saturated heterocycles. The lowest BCUT2D eigenvalue weighted by Gasteiger charge is -2.20. The molecule has 196 valence electrons. The minimum absolute atomic E-state index is 1.27. The average molecular weight is 551 g/mol. The minimum Gasteiger partial charge on any atom is -0.135 e. The minimum atomic E-state index is 1.27. The van der Waals surface area contributed by atoms with Crippen LogP contribution in [0.4, 0.5) is 0 Å². The number of fused-ring (bicyclic) bond motifs is 8. The van der Waals surface area contributed by atoms with Gasteiger partial charge in [0.1, 0.15) is 0 Å². The van der Waals surface area contributed by atoms with E-state index in [1.54, 1.807) is 0 Å². The molecule has 0 aliphatic carbocycles. The smallest absolute Gasteiger partial charge is 0.0361 e. The van der Waals surface area contributed by atoms with Gasteiger partial charge in [-0.2, -0.15) is 0 Å². The molecule has 0 atom stereocenters. The zero-order valence-electron chi connectivity index (χ0n) is 23.2. The summed E-state index contributed by atoms with van der Waals surface area (Å²) < 4.78 is 2.67. The van der Waals surface area contributed by atoms with Crippen LogP contribution in [0.5, 0.6) is 0 Å². The van der Waals surface area contributed by atoms with E-state index < -0.39 is 0 Å². The lowest BCUT2D eigenvalue weighted by molar-refractivity contribution is 1.51. The number of thiophene rings is 1. The molecule has 9 aromatic rings. The molecule has 0 radical (unpaired) electrons. The van der Waals surface area contributed by atoms with Gasteiger partial charge in [-0.1, -0.05) is 127 Å². The molecule has 0 amide bonds. The van der Waals surface area contributed by atoms with Gasteiger partial charge in [0.25, 0.3) is 0 Å². The maximum absolute atomic E-state index is 2.41. The van der Waals surface area contributed by atoms with Crippen LogP contribution in [0, 0.1) is 6.92 Å². The van der Waals surface area contributed by atoms with Gasteiger partial charge in [-0.05, 0) is 90.5 Å². The molecule has 0 unspecified atom stereocenters. The Morgan fingerprint density at radius 3 is 1.79 bits per heavy atom. The third-order valence-corrected chi connectivity index (χ3v) is 10.0. The zero-order valence-corrected chi connectivity index (χ0v) is 24.0. The molecule has 0 aliphatic heterocycles. The van der Waals surface area contributed by atoms with E-state index in [0.29, 0.717) is 0 Å². The number of rotatable bonds is 2. The molecule has 0 spiro atoms. The van der Waals surface area contributed by atoms with Gasteiger partial charge < -0.3 is 0 Å². The molecule has 1 heterocycles. The van der Waals surface area contributed by atoms with Gasteiger partial charge in [0, 0.05) is 20.2 Å². The molecular formula is C41H26S. The summed E-state index contributed by atoms with van der Waals surface area (Å²) in [5.74, 6) is 0. The van der Waals surface area contributed by atoms with E-state index in [2.05, 4.69) is 146 Å². The maximum atomic E-state index is 2.41. The maximum Gasteiger partial charge on any atom is 0.0361 e. The van der Waals surface area contributed by atoms with Crippen molar-refractivity contribution >= 4 is 74.6 Å². The molecule has 1 aromatic heterocycles. The highest BCUT2D eigenvalue weighted by Gasteiger charge is 2.21. The van der Waals surface area contributed by atoms with Crippen LogP contribution in [-0.2, 0) is 0 Å². The van der Waals surface area contributed by atoms with E-state index in [4.69, 9.17) is 0 Å². The Balaban J connectivity index is 1.50. The highest BCUT2D eigenvalue weighted by atomic mass is 32.1. The fraction of sp³-hybridized carbons (Fsp3) is 0.0244. The third kappa shape index (κ3) is 3.35. The summed E-state index contributed by atoms with van der Waals surface area (Å²) in [7, 11) is 0. The molecule has 0 bridgehead atoms. The second kappa shape index (κ2) is 9.01. The fourth-order valence-electron chi connectivity index (χ4n) is 7.12. The summed E-state index contributed by atoms with van der Waals surface area (Å²) in [6, 6.07) is 51.8. The van der Waals surface area contributed by atoms with Crippen LogP contribution >= 0.6 is 11.3 Å². The van der Waals surface area contributed by atoms with Crippen molar-refractivity contribution in [3.63, 3.8) is 0 Å². The molecule has 0 saturated carbocycles. The van der Waals surface area contributed by atoms with Crippen LogP contribution in [0.15, 0.2) is 140 Å². The average Bonchev–Trinajstić information content (AvgIpc) is 3.42. The van der Waals surface area contributed by atoms with Crippen molar-refractivity contribution in [1.82, 2.24) is 0 Å². The predicted molar refractivity (Wildman–Crippen MR) is 185 cm³/mol. The van der Waals surface area contributed by atoms with E-state index in [1.807, 2.05) is 11.3 Å². The first-order chi connectivity index (χ1) is 20.8. The van der Waals surface area contributed by atoms with E-state index in [-0.39, 0.29) is 0 Å². The van der Waals surface area contributed by atoms with Crippen molar-refractivity contribution in [2.24, 2.45) is 0 Å². The largest absolute Gasteiger partial charge is 0.135 e. The lowest BCUT2D eigenvalue weighted by Crippen LogP contribution is -1.93. The third-order valence-electron chi connectivity index (χ3n) is 8.89. The van der Waals surface area contributed by atoms with E-state index >= 15 is 0 Å². The topological polar surface area (TPSA) is 0 Å². The summed E-state index contributed by atoms with van der Waals surface area (Å²) in [6.07, 6.45) is 0. The molecule has 0 fully saturated rings. The van der Waals surface area contributed by atoms with Crippen molar-refractivity contribution in [2.45, 2.75) is 6.92 Å².